The highest BCUT2D eigenvalue weighted by atomic mass is 35.5. The van der Waals surface area contributed by atoms with Gasteiger partial charge in [-0.3, -0.25) is 4.79 Å². The van der Waals surface area contributed by atoms with Crippen LogP contribution in [0.3, 0.4) is 0 Å². The van der Waals surface area contributed by atoms with E-state index < -0.39 is 0 Å². The van der Waals surface area contributed by atoms with Crippen LogP contribution in [-0.2, 0) is 4.79 Å². The number of hydrogen-bond donors (Lipinski definition) is 1. The van der Waals surface area contributed by atoms with Crippen LogP contribution in [0.1, 0.15) is 11.1 Å². The number of carbonyl (C=O) groups is 1. The second-order valence-corrected chi connectivity index (χ2v) is 4.94. The molecule has 0 bridgehead atoms. The van der Waals surface area contributed by atoms with Crippen molar-refractivity contribution in [2.45, 2.75) is 6.92 Å². The van der Waals surface area contributed by atoms with Gasteiger partial charge in [-0.1, -0.05) is 35.3 Å². The molecule has 0 aliphatic carbocycles. The van der Waals surface area contributed by atoms with E-state index in [1.54, 1.807) is 30.5 Å². The van der Waals surface area contributed by atoms with Crippen molar-refractivity contribution in [2.75, 3.05) is 5.32 Å². The highest BCUT2D eigenvalue weighted by molar-refractivity contribution is 6.37. The molecule has 0 aliphatic rings. The lowest BCUT2D eigenvalue weighted by Crippen LogP contribution is -2.10. The van der Waals surface area contributed by atoms with Gasteiger partial charge in [-0.15, -0.1) is 0 Å². The molecule has 1 aromatic carbocycles. The van der Waals surface area contributed by atoms with Crippen LogP contribution < -0.4 is 5.32 Å². The van der Waals surface area contributed by atoms with Gasteiger partial charge in [0.15, 0.2) is 0 Å². The lowest BCUT2D eigenvalue weighted by Gasteiger charge is -2.04. The third-order valence-corrected chi connectivity index (χ3v) is 3.31. The molecule has 0 saturated carbocycles. The summed E-state index contributed by atoms with van der Waals surface area (Å²) in [5, 5.41) is 3.69. The van der Waals surface area contributed by atoms with Gasteiger partial charge in [0.1, 0.15) is 5.82 Å². The smallest absolute Gasteiger partial charge is 0.249 e. The first-order valence-electron chi connectivity index (χ1n) is 5.92. The summed E-state index contributed by atoms with van der Waals surface area (Å²) < 4.78 is 0. The summed E-state index contributed by atoms with van der Waals surface area (Å²) in [6, 6.07) is 8.86. The maximum Gasteiger partial charge on any atom is 0.249 e. The molecule has 2 rings (SSSR count). The minimum atomic E-state index is -0.289. The van der Waals surface area contributed by atoms with Crippen LogP contribution >= 0.6 is 23.2 Å². The Bertz CT molecular complexity index is 648. The Kier molecular flexibility index (Phi) is 4.77. The van der Waals surface area contributed by atoms with Crippen LogP contribution in [0.2, 0.25) is 10.0 Å². The van der Waals surface area contributed by atoms with Gasteiger partial charge in [0.2, 0.25) is 5.91 Å². The Balaban J connectivity index is 2.12. The molecular weight excluding hydrogens is 295 g/mol. The number of hydrogen-bond acceptors (Lipinski definition) is 2. The number of anilines is 1. The number of aromatic nitrogens is 1. The van der Waals surface area contributed by atoms with Gasteiger partial charge in [0.25, 0.3) is 0 Å². The van der Waals surface area contributed by atoms with Gasteiger partial charge in [-0.2, -0.15) is 0 Å². The van der Waals surface area contributed by atoms with Crippen molar-refractivity contribution in [3.63, 3.8) is 0 Å². The fraction of sp³-hybridized carbons (Fsp3) is 0.0667. The van der Waals surface area contributed by atoms with Crippen molar-refractivity contribution in [3.05, 3.63) is 63.8 Å². The van der Waals surface area contributed by atoms with Crippen molar-refractivity contribution < 1.29 is 4.79 Å². The van der Waals surface area contributed by atoms with E-state index in [4.69, 9.17) is 23.2 Å². The number of nitrogens with zero attached hydrogens (tertiary/aromatic N) is 1. The third-order valence-electron chi connectivity index (χ3n) is 2.65. The number of aryl methyl sites for hydroxylation is 1. The second kappa shape index (κ2) is 6.55. The summed E-state index contributed by atoms with van der Waals surface area (Å²) in [4.78, 5) is 15.9. The molecule has 1 amide bonds. The maximum atomic E-state index is 11.8. The molecule has 2 aromatic rings. The zero-order valence-electron chi connectivity index (χ0n) is 10.7. The molecule has 20 heavy (non-hydrogen) atoms. The zero-order chi connectivity index (χ0) is 14.5. The topological polar surface area (TPSA) is 42.0 Å². The van der Waals surface area contributed by atoms with Crippen LogP contribution in [0.25, 0.3) is 6.08 Å². The van der Waals surface area contributed by atoms with E-state index >= 15 is 0 Å². The number of carbonyl (C=O) groups excluding carboxylic acids is 1. The summed E-state index contributed by atoms with van der Waals surface area (Å²) in [5.41, 5.74) is 1.51. The summed E-state index contributed by atoms with van der Waals surface area (Å²) in [7, 11) is 0. The van der Waals surface area contributed by atoms with Gasteiger partial charge < -0.3 is 5.32 Å². The van der Waals surface area contributed by atoms with E-state index in [2.05, 4.69) is 10.3 Å². The number of halogens is 2. The van der Waals surface area contributed by atoms with Gasteiger partial charge >= 0.3 is 0 Å². The van der Waals surface area contributed by atoms with E-state index in [-0.39, 0.29) is 5.91 Å². The predicted octanol–water partition coefficient (Wildman–Crippen LogP) is 4.35. The summed E-state index contributed by atoms with van der Waals surface area (Å²) >= 11 is 12.0. The molecule has 0 fully saturated rings. The minimum absolute atomic E-state index is 0.289. The monoisotopic (exact) mass is 306 g/mol. The Hall–Kier alpha value is -1.84. The average molecular weight is 307 g/mol. The van der Waals surface area contributed by atoms with Crippen molar-refractivity contribution in [1.82, 2.24) is 4.98 Å². The second-order valence-electron chi connectivity index (χ2n) is 4.13. The molecule has 5 heteroatoms. The van der Waals surface area contributed by atoms with Crippen LogP contribution in [0.15, 0.2) is 42.6 Å². The lowest BCUT2D eigenvalue weighted by atomic mass is 10.2. The van der Waals surface area contributed by atoms with E-state index in [0.29, 0.717) is 21.4 Å². The first-order chi connectivity index (χ1) is 9.58. The zero-order valence-corrected chi connectivity index (χ0v) is 12.2. The van der Waals surface area contributed by atoms with Gasteiger partial charge in [0, 0.05) is 27.9 Å². The minimum Gasteiger partial charge on any atom is -0.307 e. The number of nitrogens with one attached hydrogen (secondary N) is 1. The Morgan fingerprint density at radius 2 is 1.90 bits per heavy atom. The maximum absolute atomic E-state index is 11.8. The van der Waals surface area contributed by atoms with Crippen LogP contribution in [-0.4, -0.2) is 10.9 Å². The molecule has 0 radical (unpaired) electrons. The van der Waals surface area contributed by atoms with Crippen molar-refractivity contribution in [2.24, 2.45) is 0 Å². The van der Waals surface area contributed by atoms with Crippen LogP contribution in [0, 0.1) is 6.92 Å². The molecular formula is C15H12Cl2N2O. The van der Waals surface area contributed by atoms with E-state index in [9.17, 15) is 4.79 Å². The normalized spacial score (nSPS) is 10.8. The number of rotatable bonds is 3. The van der Waals surface area contributed by atoms with Crippen LogP contribution in [0.4, 0.5) is 5.82 Å². The van der Waals surface area contributed by atoms with Gasteiger partial charge in [-0.05, 0) is 36.8 Å². The Morgan fingerprint density at radius 3 is 2.55 bits per heavy atom. The average Bonchev–Trinajstić information content (AvgIpc) is 2.41. The van der Waals surface area contributed by atoms with E-state index in [1.807, 2.05) is 19.1 Å². The van der Waals surface area contributed by atoms with Gasteiger partial charge in [-0.25, -0.2) is 4.98 Å². The summed E-state index contributed by atoms with van der Waals surface area (Å²) in [6.07, 6.45) is 4.58. The molecule has 0 atom stereocenters. The fourth-order valence-electron chi connectivity index (χ4n) is 1.60. The quantitative estimate of drug-likeness (QED) is 0.857. The Labute approximate surface area is 127 Å². The predicted molar refractivity (Wildman–Crippen MR) is 83.1 cm³/mol. The van der Waals surface area contributed by atoms with Crippen molar-refractivity contribution >= 4 is 41.0 Å². The molecule has 1 aromatic heterocycles. The SMILES string of the molecule is Cc1cccnc1NC(=O)/C=C/c1c(Cl)cccc1Cl. The lowest BCUT2D eigenvalue weighted by molar-refractivity contribution is -0.111. The third kappa shape index (κ3) is 3.59. The van der Waals surface area contributed by atoms with E-state index in [1.165, 1.54) is 6.08 Å². The molecule has 102 valence electrons. The molecule has 3 nitrogen and oxygen atoms in total. The largest absolute Gasteiger partial charge is 0.307 e. The summed E-state index contributed by atoms with van der Waals surface area (Å²) in [6.45, 7) is 1.87. The Morgan fingerprint density at radius 1 is 1.20 bits per heavy atom. The standard InChI is InChI=1S/C15H12Cl2N2O/c1-10-4-3-9-18-15(10)19-14(20)8-7-11-12(16)5-2-6-13(11)17/h2-9H,1H3,(H,18,19,20)/b8-7+. The molecule has 0 unspecified atom stereocenters. The first kappa shape index (κ1) is 14.6. The highest BCUT2D eigenvalue weighted by Crippen LogP contribution is 2.25. The number of amides is 1. The van der Waals surface area contributed by atoms with Gasteiger partial charge in [0.05, 0.1) is 0 Å². The highest BCUT2D eigenvalue weighted by Gasteiger charge is 2.04. The number of benzene rings is 1. The molecule has 1 N–H and O–H groups in total. The number of pyridine rings is 1. The summed E-state index contributed by atoms with van der Waals surface area (Å²) in [5.74, 6) is 0.246. The fourth-order valence-corrected chi connectivity index (χ4v) is 2.13. The molecule has 1 heterocycles. The molecule has 0 saturated heterocycles. The first-order valence-corrected chi connectivity index (χ1v) is 6.68. The molecule has 0 aliphatic heterocycles. The van der Waals surface area contributed by atoms with E-state index in [0.717, 1.165) is 5.56 Å². The van der Waals surface area contributed by atoms with Crippen LogP contribution in [0.5, 0.6) is 0 Å². The van der Waals surface area contributed by atoms with Crippen molar-refractivity contribution in [1.29, 1.82) is 0 Å². The molecule has 0 spiro atoms. The van der Waals surface area contributed by atoms with Crippen molar-refractivity contribution in [3.8, 4) is 0 Å².